The van der Waals surface area contributed by atoms with Crippen LogP contribution in [0.2, 0.25) is 0 Å². The lowest BCUT2D eigenvalue weighted by Crippen LogP contribution is -2.10. The maximum absolute atomic E-state index is 12.1. The van der Waals surface area contributed by atoms with E-state index in [0.29, 0.717) is 23.7 Å². The Morgan fingerprint density at radius 2 is 2.00 bits per heavy atom. The lowest BCUT2D eigenvalue weighted by Gasteiger charge is -2.12. The van der Waals surface area contributed by atoms with E-state index in [1.165, 1.54) is 11.8 Å². The van der Waals surface area contributed by atoms with Crippen LogP contribution in [0.5, 0.6) is 5.75 Å². The Labute approximate surface area is 132 Å². The van der Waals surface area contributed by atoms with Gasteiger partial charge in [0.05, 0.1) is 12.2 Å². The quantitative estimate of drug-likeness (QED) is 0.755. The molecule has 2 aromatic rings. The summed E-state index contributed by atoms with van der Waals surface area (Å²) < 4.78 is 11.3. The fourth-order valence-corrected chi connectivity index (χ4v) is 3.44. The highest BCUT2D eigenvalue weighted by molar-refractivity contribution is 7.98. The van der Waals surface area contributed by atoms with E-state index in [9.17, 15) is 10.1 Å². The molecule has 3 rings (SSSR count). The number of hydrogen-bond donors (Lipinski definition) is 0. The number of benzene rings is 1. The lowest BCUT2D eigenvalue weighted by molar-refractivity contribution is 0.325. The van der Waals surface area contributed by atoms with Crippen molar-refractivity contribution in [2.75, 3.05) is 12.9 Å². The fourth-order valence-electron chi connectivity index (χ4n) is 2.67. The molecule has 112 valence electrons. The van der Waals surface area contributed by atoms with Crippen LogP contribution >= 0.6 is 11.8 Å². The topological polar surface area (TPSA) is 63.2 Å². The molecular formula is C17H15NO3S. The number of rotatable bonds is 1. The summed E-state index contributed by atoms with van der Waals surface area (Å²) in [7, 11) is 0. The van der Waals surface area contributed by atoms with Gasteiger partial charge < -0.3 is 9.15 Å². The molecule has 0 unspecified atom stereocenters. The van der Waals surface area contributed by atoms with Crippen LogP contribution in [0.25, 0.3) is 11.3 Å². The molecular weight excluding hydrogens is 298 g/mol. The van der Waals surface area contributed by atoms with E-state index >= 15 is 0 Å². The highest BCUT2D eigenvalue weighted by atomic mass is 32.2. The zero-order valence-corrected chi connectivity index (χ0v) is 13.5. The second-order valence-electron chi connectivity index (χ2n) is 5.25. The minimum Gasteiger partial charge on any atom is -0.492 e. The fraction of sp³-hybridized carbons (Fsp3) is 0.294. The minimum atomic E-state index is -0.586. The molecule has 0 N–H and O–H groups in total. The van der Waals surface area contributed by atoms with Crippen molar-refractivity contribution in [1.29, 1.82) is 5.26 Å². The summed E-state index contributed by atoms with van der Waals surface area (Å²) in [5.74, 6) is 1.26. The first-order valence-corrected chi connectivity index (χ1v) is 8.17. The highest BCUT2D eigenvalue weighted by Gasteiger charge is 2.25. The van der Waals surface area contributed by atoms with E-state index in [1.807, 2.05) is 38.3 Å². The van der Waals surface area contributed by atoms with Crippen molar-refractivity contribution < 1.29 is 9.15 Å². The largest absolute Gasteiger partial charge is 0.492 e. The second-order valence-corrected chi connectivity index (χ2v) is 6.06. The van der Waals surface area contributed by atoms with Crippen LogP contribution in [0.4, 0.5) is 0 Å². The number of fused-ring (bicyclic) bond motifs is 3. The van der Waals surface area contributed by atoms with Crippen LogP contribution in [-0.4, -0.2) is 12.9 Å². The summed E-state index contributed by atoms with van der Waals surface area (Å²) in [5, 5.41) is 9.22. The number of hydrogen-bond acceptors (Lipinski definition) is 5. The molecule has 0 bridgehead atoms. The van der Waals surface area contributed by atoms with Crippen molar-refractivity contribution in [3.63, 3.8) is 0 Å². The normalized spacial score (nSPS) is 12.6. The molecule has 22 heavy (non-hydrogen) atoms. The van der Waals surface area contributed by atoms with E-state index in [2.05, 4.69) is 0 Å². The maximum Gasteiger partial charge on any atom is 0.355 e. The Balaban J connectivity index is 2.39. The molecule has 0 aliphatic carbocycles. The van der Waals surface area contributed by atoms with Crippen LogP contribution in [0, 0.1) is 25.2 Å². The first kappa shape index (κ1) is 14.7. The predicted octanol–water partition coefficient (Wildman–Crippen LogP) is 3.45. The number of aryl methyl sites for hydroxylation is 2. The van der Waals surface area contributed by atoms with Crippen molar-refractivity contribution in [3.05, 3.63) is 44.8 Å². The second kappa shape index (κ2) is 5.54. The third-order valence-corrected chi connectivity index (χ3v) is 4.80. The standard InChI is InChI=1S/C17H15NO3S/c1-9-6-12-14(7-10(9)2)20-5-4-11-15(12)21-17(19)13(8-18)16(11)22-3/h6-7H,4-5H2,1-3H3. The van der Waals surface area contributed by atoms with E-state index < -0.39 is 5.63 Å². The predicted molar refractivity (Wildman–Crippen MR) is 85.6 cm³/mol. The molecule has 1 aliphatic rings. The Morgan fingerprint density at radius 3 is 2.68 bits per heavy atom. The molecule has 0 saturated heterocycles. The molecule has 0 atom stereocenters. The van der Waals surface area contributed by atoms with Gasteiger partial charge in [-0.05, 0) is 43.4 Å². The van der Waals surface area contributed by atoms with Crippen LogP contribution < -0.4 is 10.4 Å². The van der Waals surface area contributed by atoms with E-state index in [1.54, 1.807) is 0 Å². The molecule has 0 amide bonds. The van der Waals surface area contributed by atoms with Gasteiger partial charge in [0.15, 0.2) is 5.56 Å². The third kappa shape index (κ3) is 2.20. The number of thioether (sulfide) groups is 1. The van der Waals surface area contributed by atoms with Gasteiger partial charge in [0, 0.05) is 16.9 Å². The molecule has 0 fully saturated rings. The Kier molecular flexibility index (Phi) is 3.71. The van der Waals surface area contributed by atoms with Crippen molar-refractivity contribution in [2.45, 2.75) is 25.2 Å². The van der Waals surface area contributed by atoms with Gasteiger partial charge in [-0.25, -0.2) is 4.79 Å². The number of nitriles is 1. The molecule has 0 spiro atoms. The monoisotopic (exact) mass is 313 g/mol. The molecule has 0 radical (unpaired) electrons. The van der Waals surface area contributed by atoms with Crippen LogP contribution in [0.3, 0.4) is 0 Å². The smallest absolute Gasteiger partial charge is 0.355 e. The van der Waals surface area contributed by atoms with Crippen LogP contribution in [-0.2, 0) is 6.42 Å². The average Bonchev–Trinajstić information content (AvgIpc) is 2.66. The van der Waals surface area contributed by atoms with Gasteiger partial charge in [0.2, 0.25) is 0 Å². The van der Waals surface area contributed by atoms with Crippen molar-refractivity contribution in [1.82, 2.24) is 0 Å². The van der Waals surface area contributed by atoms with Gasteiger partial charge in [-0.1, -0.05) is 0 Å². The first-order valence-electron chi connectivity index (χ1n) is 6.95. The van der Waals surface area contributed by atoms with Gasteiger partial charge in [0.25, 0.3) is 0 Å². The highest BCUT2D eigenvalue weighted by Crippen LogP contribution is 2.40. The van der Waals surface area contributed by atoms with Crippen molar-refractivity contribution in [2.24, 2.45) is 0 Å². The van der Waals surface area contributed by atoms with Crippen molar-refractivity contribution >= 4 is 11.8 Å². The van der Waals surface area contributed by atoms with Crippen LogP contribution in [0.15, 0.2) is 26.2 Å². The zero-order valence-electron chi connectivity index (χ0n) is 12.6. The molecule has 0 saturated carbocycles. The van der Waals surface area contributed by atoms with Crippen LogP contribution in [0.1, 0.15) is 22.3 Å². The third-order valence-electron chi connectivity index (χ3n) is 3.94. The molecule has 4 nitrogen and oxygen atoms in total. The van der Waals surface area contributed by atoms with Gasteiger partial charge in [-0.2, -0.15) is 5.26 Å². The summed E-state index contributed by atoms with van der Waals surface area (Å²) in [6, 6.07) is 5.91. The zero-order chi connectivity index (χ0) is 15.9. The van der Waals surface area contributed by atoms with Crippen molar-refractivity contribution in [3.8, 4) is 23.1 Å². The molecule has 1 aromatic heterocycles. The summed E-state index contributed by atoms with van der Waals surface area (Å²) in [6.45, 7) is 4.53. The van der Waals surface area contributed by atoms with E-state index in [4.69, 9.17) is 9.15 Å². The maximum atomic E-state index is 12.1. The molecule has 1 aromatic carbocycles. The number of ether oxygens (including phenoxy) is 1. The first-order chi connectivity index (χ1) is 10.6. The summed E-state index contributed by atoms with van der Waals surface area (Å²) in [5.41, 5.74) is 3.39. The van der Waals surface area contributed by atoms with E-state index in [0.717, 1.165) is 28.0 Å². The van der Waals surface area contributed by atoms with Gasteiger partial charge in [-0.15, -0.1) is 11.8 Å². The van der Waals surface area contributed by atoms with Gasteiger partial charge in [-0.3, -0.25) is 0 Å². The Hall–Kier alpha value is -2.19. The minimum absolute atomic E-state index is 0.0820. The Morgan fingerprint density at radius 1 is 1.27 bits per heavy atom. The Bertz CT molecular complexity index is 862. The number of nitrogens with zero attached hydrogens (tertiary/aromatic N) is 1. The lowest BCUT2D eigenvalue weighted by atomic mass is 10.00. The summed E-state index contributed by atoms with van der Waals surface area (Å²) in [6.07, 6.45) is 2.47. The molecule has 5 heteroatoms. The molecule has 2 heterocycles. The average molecular weight is 313 g/mol. The van der Waals surface area contributed by atoms with E-state index in [-0.39, 0.29) is 5.56 Å². The van der Waals surface area contributed by atoms with Gasteiger partial charge in [0.1, 0.15) is 17.6 Å². The molecule has 1 aliphatic heterocycles. The summed E-state index contributed by atoms with van der Waals surface area (Å²) in [4.78, 5) is 12.8. The SMILES string of the molecule is CSc1c2c(oc(=O)c1C#N)-c1cc(C)c(C)cc1OCC2. The van der Waals surface area contributed by atoms with Gasteiger partial charge >= 0.3 is 5.63 Å². The summed E-state index contributed by atoms with van der Waals surface area (Å²) >= 11 is 1.40.